The van der Waals surface area contributed by atoms with Gasteiger partial charge in [0.15, 0.2) is 17.2 Å². The number of thioether (sulfide) groups is 1. The van der Waals surface area contributed by atoms with E-state index in [1.165, 1.54) is 24.0 Å². The largest absolute Gasteiger partial charge is 0.497 e. The fraction of sp³-hybridized carbons (Fsp3) is 0.267. The van der Waals surface area contributed by atoms with Gasteiger partial charge in [0.05, 0.1) is 20.4 Å². The van der Waals surface area contributed by atoms with Crippen molar-refractivity contribution in [3.05, 3.63) is 88.9 Å². The first-order valence-electron chi connectivity index (χ1n) is 13.1. The Morgan fingerprint density at radius 1 is 0.953 bits per heavy atom. The second kappa shape index (κ2) is 13.0. The number of pyridine rings is 1. The van der Waals surface area contributed by atoms with Crippen LogP contribution in [0.3, 0.4) is 0 Å². The van der Waals surface area contributed by atoms with Crippen molar-refractivity contribution >= 4 is 29.6 Å². The minimum atomic E-state index is -1.29. The molecule has 2 aromatic carbocycles. The lowest BCUT2D eigenvalue weighted by atomic mass is 10.0. The Labute approximate surface area is 251 Å². The van der Waals surface area contributed by atoms with Gasteiger partial charge in [0.1, 0.15) is 48.4 Å². The third-order valence-electron chi connectivity index (χ3n) is 6.82. The summed E-state index contributed by atoms with van der Waals surface area (Å²) in [7, 11) is 3.17. The molecule has 43 heavy (non-hydrogen) atoms. The van der Waals surface area contributed by atoms with Crippen LogP contribution in [-0.2, 0) is 27.5 Å². The first-order valence-corrected chi connectivity index (χ1v) is 14.2. The number of nitrogens with two attached hydrogens (primary N) is 1. The van der Waals surface area contributed by atoms with Crippen molar-refractivity contribution in [1.82, 2.24) is 9.88 Å². The van der Waals surface area contributed by atoms with Gasteiger partial charge in [-0.1, -0.05) is 24.3 Å². The van der Waals surface area contributed by atoms with Crippen LogP contribution in [0.1, 0.15) is 21.6 Å². The lowest BCUT2D eigenvalue weighted by molar-refractivity contribution is -0.148. The van der Waals surface area contributed by atoms with Crippen molar-refractivity contribution in [2.75, 3.05) is 26.6 Å². The average Bonchev–Trinajstić information content (AvgIpc) is 3.04. The van der Waals surface area contributed by atoms with E-state index in [9.17, 15) is 19.5 Å². The number of benzene rings is 2. The summed E-state index contributed by atoms with van der Waals surface area (Å²) in [6, 6.07) is 15.3. The highest BCUT2D eigenvalue weighted by Gasteiger charge is 2.51. The summed E-state index contributed by atoms with van der Waals surface area (Å²) >= 11 is 1.32. The summed E-state index contributed by atoms with van der Waals surface area (Å²) < 4.78 is 27.8. The predicted molar refractivity (Wildman–Crippen MR) is 155 cm³/mol. The van der Waals surface area contributed by atoms with E-state index in [0.717, 1.165) is 21.8 Å². The molecule has 1 fully saturated rings. The SMILES string of the molecule is COc1ccc(COc2cnc(C(=O)OCC3=C(C(=O)O)N4C(=O)[C@@H](N)[C@H]4SC3)cc2OCc2ccc(OC)cc2)cc1. The molecule has 1 amide bonds. The van der Waals surface area contributed by atoms with Crippen LogP contribution in [0.2, 0.25) is 0 Å². The topological polar surface area (TPSA) is 160 Å². The van der Waals surface area contributed by atoms with Gasteiger partial charge in [-0.2, -0.15) is 0 Å². The zero-order valence-electron chi connectivity index (χ0n) is 23.3. The van der Waals surface area contributed by atoms with Crippen molar-refractivity contribution < 1.29 is 43.2 Å². The second-order valence-corrected chi connectivity index (χ2v) is 10.7. The maximum absolute atomic E-state index is 13.0. The van der Waals surface area contributed by atoms with Crippen LogP contribution in [0.15, 0.2) is 72.1 Å². The Morgan fingerprint density at radius 3 is 2.09 bits per heavy atom. The van der Waals surface area contributed by atoms with E-state index in [4.69, 9.17) is 29.4 Å². The van der Waals surface area contributed by atoms with Crippen LogP contribution in [0.25, 0.3) is 0 Å². The highest BCUT2D eigenvalue weighted by molar-refractivity contribution is 8.00. The highest BCUT2D eigenvalue weighted by atomic mass is 32.2. The Hall–Kier alpha value is -4.75. The van der Waals surface area contributed by atoms with Crippen LogP contribution in [0.5, 0.6) is 23.0 Å². The first-order chi connectivity index (χ1) is 20.8. The molecule has 224 valence electrons. The Bertz CT molecular complexity index is 1540. The van der Waals surface area contributed by atoms with Gasteiger partial charge in [0.25, 0.3) is 0 Å². The van der Waals surface area contributed by atoms with Gasteiger partial charge >= 0.3 is 11.9 Å². The molecule has 2 aliphatic heterocycles. The van der Waals surface area contributed by atoms with E-state index in [1.54, 1.807) is 14.2 Å². The van der Waals surface area contributed by atoms with Crippen LogP contribution < -0.4 is 24.7 Å². The van der Waals surface area contributed by atoms with Crippen molar-refractivity contribution in [3.8, 4) is 23.0 Å². The molecule has 12 nitrogen and oxygen atoms in total. The number of hydrogen-bond acceptors (Lipinski definition) is 11. The van der Waals surface area contributed by atoms with Gasteiger partial charge in [0, 0.05) is 17.4 Å². The number of hydrogen-bond donors (Lipinski definition) is 2. The smallest absolute Gasteiger partial charge is 0.357 e. The third kappa shape index (κ3) is 6.52. The van der Waals surface area contributed by atoms with Gasteiger partial charge in [-0.25, -0.2) is 14.6 Å². The Kier molecular flexibility index (Phi) is 9.02. The van der Waals surface area contributed by atoms with Gasteiger partial charge in [0.2, 0.25) is 5.91 Å². The molecule has 3 heterocycles. The monoisotopic (exact) mass is 607 g/mol. The molecule has 2 atom stereocenters. The minimum Gasteiger partial charge on any atom is -0.497 e. The Morgan fingerprint density at radius 2 is 1.53 bits per heavy atom. The maximum atomic E-state index is 13.0. The van der Waals surface area contributed by atoms with E-state index < -0.39 is 29.3 Å². The lowest BCUT2D eigenvalue weighted by Crippen LogP contribution is -2.68. The molecule has 0 radical (unpaired) electrons. The molecular weight excluding hydrogens is 578 g/mol. The molecule has 3 N–H and O–H groups in total. The molecule has 0 saturated carbocycles. The van der Waals surface area contributed by atoms with Crippen LogP contribution in [-0.4, -0.2) is 70.8 Å². The van der Waals surface area contributed by atoms with Crippen LogP contribution >= 0.6 is 11.8 Å². The number of rotatable bonds is 12. The molecule has 13 heteroatoms. The molecule has 0 spiro atoms. The van der Waals surface area contributed by atoms with Crippen molar-refractivity contribution in [2.24, 2.45) is 5.73 Å². The van der Waals surface area contributed by atoms with Gasteiger partial charge < -0.3 is 34.5 Å². The molecular formula is C30H29N3O9S. The molecule has 3 aromatic rings. The zero-order chi connectivity index (χ0) is 30.5. The number of carboxylic acids is 1. The average molecular weight is 608 g/mol. The number of aliphatic carboxylic acids is 1. The number of esters is 1. The fourth-order valence-electron chi connectivity index (χ4n) is 4.44. The van der Waals surface area contributed by atoms with E-state index >= 15 is 0 Å². The van der Waals surface area contributed by atoms with E-state index in [2.05, 4.69) is 4.98 Å². The number of methoxy groups -OCH3 is 2. The predicted octanol–water partition coefficient (Wildman–Crippen LogP) is 2.99. The number of β-lactam (4-membered cyclic amide) rings is 1. The number of fused-ring (bicyclic) bond motifs is 1. The molecule has 0 unspecified atom stereocenters. The molecule has 2 aliphatic rings. The van der Waals surface area contributed by atoms with Gasteiger partial charge in [-0.15, -0.1) is 11.8 Å². The van der Waals surface area contributed by atoms with Crippen LogP contribution in [0.4, 0.5) is 0 Å². The van der Waals surface area contributed by atoms with E-state index in [0.29, 0.717) is 11.5 Å². The summed E-state index contributed by atoms with van der Waals surface area (Å²) in [5, 5.41) is 9.28. The quantitative estimate of drug-likeness (QED) is 0.229. The maximum Gasteiger partial charge on any atom is 0.357 e. The summed E-state index contributed by atoms with van der Waals surface area (Å²) in [5.74, 6) is -0.339. The highest BCUT2D eigenvalue weighted by Crippen LogP contribution is 2.39. The second-order valence-electron chi connectivity index (χ2n) is 9.56. The number of carbonyl (C=O) groups is 3. The van der Waals surface area contributed by atoms with Crippen molar-refractivity contribution in [1.29, 1.82) is 0 Å². The third-order valence-corrected chi connectivity index (χ3v) is 8.18. The van der Waals surface area contributed by atoms with Gasteiger partial charge in [-0.3, -0.25) is 9.69 Å². The summed E-state index contributed by atoms with van der Waals surface area (Å²) in [4.78, 5) is 42.5. The Balaban J connectivity index is 1.32. The number of carboxylic acid groups (broad SMARTS) is 1. The number of carbonyl (C=O) groups excluding carboxylic acids is 2. The lowest BCUT2D eigenvalue weighted by Gasteiger charge is -2.47. The number of ether oxygens (including phenoxy) is 5. The zero-order valence-corrected chi connectivity index (χ0v) is 24.2. The number of amides is 1. The van der Waals surface area contributed by atoms with Crippen molar-refractivity contribution in [2.45, 2.75) is 24.6 Å². The normalized spacial score (nSPS) is 17.5. The standard InChI is InChI=1S/C30H29N3O9S/c1-38-20-7-3-17(4-8-20)13-40-23-11-22(32-12-24(23)41-14-18-5-9-21(39-2)10-6-18)30(37)42-15-19-16-43-28-25(31)27(34)33(28)26(19)29(35)36/h3-12,25,28H,13-16,31H2,1-2H3,(H,35,36)/t25-,28-/m1/s1. The minimum absolute atomic E-state index is 0.0672. The summed E-state index contributed by atoms with van der Waals surface area (Å²) in [6.07, 6.45) is 1.37. The first kappa shape index (κ1) is 29.7. The number of nitrogens with zero attached hydrogens (tertiary/aromatic N) is 2. The molecule has 1 aromatic heterocycles. The van der Waals surface area contributed by atoms with Crippen LogP contribution in [0, 0.1) is 0 Å². The number of aromatic nitrogens is 1. The summed E-state index contributed by atoms with van der Waals surface area (Å²) in [5.41, 5.74) is 7.54. The fourth-order valence-corrected chi connectivity index (χ4v) is 5.71. The van der Waals surface area contributed by atoms with Gasteiger partial charge in [-0.05, 0) is 35.4 Å². The molecule has 0 bridgehead atoms. The van der Waals surface area contributed by atoms with E-state index in [1.807, 2.05) is 48.5 Å². The van der Waals surface area contributed by atoms with Crippen molar-refractivity contribution in [3.63, 3.8) is 0 Å². The molecule has 5 rings (SSSR count). The molecule has 1 saturated heterocycles. The molecule has 0 aliphatic carbocycles. The summed E-state index contributed by atoms with van der Waals surface area (Å²) in [6.45, 7) is 0.0390. The van der Waals surface area contributed by atoms with E-state index in [-0.39, 0.29) is 48.3 Å².